The Balaban J connectivity index is 1.66. The highest BCUT2D eigenvalue weighted by Crippen LogP contribution is 2.40. The fraction of sp³-hybridized carbons (Fsp3) is 0.333. The first-order valence-corrected chi connectivity index (χ1v) is 8.83. The van der Waals surface area contributed by atoms with Crippen molar-refractivity contribution in [1.29, 1.82) is 0 Å². The van der Waals surface area contributed by atoms with Crippen molar-refractivity contribution in [1.82, 2.24) is 5.32 Å². The molecule has 0 unspecified atom stereocenters. The Labute approximate surface area is 157 Å². The third kappa shape index (κ3) is 3.94. The van der Waals surface area contributed by atoms with Crippen molar-refractivity contribution in [2.45, 2.75) is 38.8 Å². The van der Waals surface area contributed by atoms with Crippen LogP contribution in [0.4, 0.5) is 4.39 Å². The van der Waals surface area contributed by atoms with Gasteiger partial charge in [-0.25, -0.2) is 4.39 Å². The number of hydrogen-bond donors (Lipinski definition) is 1. The highest BCUT2D eigenvalue weighted by molar-refractivity contribution is 6.03. The lowest BCUT2D eigenvalue weighted by atomic mass is 10.0. The summed E-state index contributed by atoms with van der Waals surface area (Å²) in [5, 5.41) is 2.79. The molecule has 0 bridgehead atoms. The normalized spacial score (nSPS) is 16.6. The third-order valence-electron chi connectivity index (χ3n) is 4.72. The third-order valence-corrected chi connectivity index (χ3v) is 4.72. The summed E-state index contributed by atoms with van der Waals surface area (Å²) in [6.45, 7) is 3.75. The fourth-order valence-corrected chi connectivity index (χ4v) is 3.24. The molecule has 1 N–H and O–H groups in total. The van der Waals surface area contributed by atoms with Crippen LogP contribution in [0.3, 0.4) is 0 Å². The van der Waals surface area contributed by atoms with Crippen molar-refractivity contribution in [3.8, 4) is 11.5 Å². The molecular formula is C21H22FNO4. The molecule has 2 aromatic carbocycles. The predicted molar refractivity (Wildman–Crippen MR) is 98.7 cm³/mol. The van der Waals surface area contributed by atoms with Crippen LogP contribution in [-0.2, 0) is 11.3 Å². The predicted octanol–water partition coefficient (Wildman–Crippen LogP) is 3.61. The number of Topliss-reactive ketones (excluding diaryl/α,β-unsaturated/α-hetero) is 1. The first-order valence-electron chi connectivity index (χ1n) is 8.83. The van der Waals surface area contributed by atoms with E-state index in [0.29, 0.717) is 12.1 Å². The van der Waals surface area contributed by atoms with E-state index in [0.717, 1.165) is 11.3 Å². The second-order valence-corrected chi connectivity index (χ2v) is 6.69. The smallest absolute Gasteiger partial charge is 0.261 e. The van der Waals surface area contributed by atoms with Crippen LogP contribution in [0.15, 0.2) is 36.4 Å². The number of carbonyl (C=O) groups excluding carboxylic acids is 2. The first-order chi connectivity index (χ1) is 12.9. The highest BCUT2D eigenvalue weighted by atomic mass is 19.1. The topological polar surface area (TPSA) is 64.6 Å². The van der Waals surface area contributed by atoms with Crippen molar-refractivity contribution in [3.05, 3.63) is 58.9 Å². The Hall–Kier alpha value is -2.89. The van der Waals surface area contributed by atoms with Crippen molar-refractivity contribution >= 4 is 11.7 Å². The molecule has 0 radical (unpaired) electrons. The van der Waals surface area contributed by atoms with Crippen LogP contribution in [0.25, 0.3) is 0 Å². The standard InChI is InChI=1S/C21H22FNO4/c1-12-10-17(24)20-18(9-8-16(22)19(12)20)27-13(2)21(25)23-11-14-4-6-15(26-3)7-5-14/h4-9,12-13H,10-11H2,1-3H3,(H,23,25)/t12-,13+/m0/s1. The van der Waals surface area contributed by atoms with Crippen LogP contribution in [-0.4, -0.2) is 24.9 Å². The van der Waals surface area contributed by atoms with Gasteiger partial charge in [-0.05, 0) is 42.7 Å². The van der Waals surface area contributed by atoms with Gasteiger partial charge in [-0.2, -0.15) is 0 Å². The van der Waals surface area contributed by atoms with E-state index in [1.807, 2.05) is 31.2 Å². The lowest BCUT2D eigenvalue weighted by Gasteiger charge is -2.17. The largest absolute Gasteiger partial charge is 0.497 e. The number of rotatable bonds is 6. The van der Waals surface area contributed by atoms with Gasteiger partial charge in [-0.1, -0.05) is 19.1 Å². The Morgan fingerprint density at radius 1 is 1.26 bits per heavy atom. The molecule has 1 aliphatic carbocycles. The maximum atomic E-state index is 14.1. The number of fused-ring (bicyclic) bond motifs is 1. The van der Waals surface area contributed by atoms with E-state index < -0.39 is 11.9 Å². The summed E-state index contributed by atoms with van der Waals surface area (Å²) in [6.07, 6.45) is -0.563. The van der Waals surface area contributed by atoms with Gasteiger partial charge in [0.2, 0.25) is 0 Å². The maximum absolute atomic E-state index is 14.1. The number of carbonyl (C=O) groups is 2. The average Bonchev–Trinajstić information content (AvgIpc) is 2.97. The summed E-state index contributed by atoms with van der Waals surface area (Å²) in [5.41, 5.74) is 1.56. The molecule has 1 aliphatic rings. The van der Waals surface area contributed by atoms with Crippen molar-refractivity contribution in [2.75, 3.05) is 7.11 Å². The minimum Gasteiger partial charge on any atom is -0.497 e. The molecule has 0 saturated carbocycles. The second kappa shape index (κ2) is 7.78. The number of benzene rings is 2. The fourth-order valence-electron chi connectivity index (χ4n) is 3.24. The number of amides is 1. The monoisotopic (exact) mass is 371 g/mol. The van der Waals surface area contributed by atoms with Gasteiger partial charge in [0.05, 0.1) is 12.7 Å². The minimum absolute atomic E-state index is 0.155. The van der Waals surface area contributed by atoms with Gasteiger partial charge in [0, 0.05) is 18.5 Å². The van der Waals surface area contributed by atoms with Crippen molar-refractivity contribution < 1.29 is 23.5 Å². The molecule has 0 aliphatic heterocycles. The number of ketones is 1. The van der Waals surface area contributed by atoms with Crippen molar-refractivity contribution in [3.63, 3.8) is 0 Å². The molecule has 2 atom stereocenters. The Kier molecular flexibility index (Phi) is 5.44. The van der Waals surface area contributed by atoms with Crippen LogP contribution < -0.4 is 14.8 Å². The number of ether oxygens (including phenoxy) is 2. The summed E-state index contributed by atoms with van der Waals surface area (Å²) >= 11 is 0. The zero-order valence-corrected chi connectivity index (χ0v) is 15.5. The van der Waals surface area contributed by atoms with E-state index in [1.165, 1.54) is 12.1 Å². The average molecular weight is 371 g/mol. The van der Waals surface area contributed by atoms with Gasteiger partial charge in [-0.3, -0.25) is 9.59 Å². The number of nitrogens with one attached hydrogen (secondary N) is 1. The maximum Gasteiger partial charge on any atom is 0.261 e. The van der Waals surface area contributed by atoms with Crippen LogP contribution in [0, 0.1) is 5.82 Å². The van der Waals surface area contributed by atoms with Crippen LogP contribution in [0.2, 0.25) is 0 Å². The number of methoxy groups -OCH3 is 1. The summed E-state index contributed by atoms with van der Waals surface area (Å²) in [4.78, 5) is 24.5. The van der Waals surface area contributed by atoms with Crippen molar-refractivity contribution in [2.24, 2.45) is 0 Å². The molecule has 0 saturated heterocycles. The molecule has 0 fully saturated rings. The Bertz CT molecular complexity index is 863. The summed E-state index contributed by atoms with van der Waals surface area (Å²) in [5.74, 6) is -0.0681. The van der Waals surface area contributed by atoms with Crippen LogP contribution >= 0.6 is 0 Å². The zero-order valence-electron chi connectivity index (χ0n) is 15.5. The van der Waals surface area contributed by atoms with Gasteiger partial charge in [0.15, 0.2) is 11.9 Å². The molecule has 1 amide bonds. The van der Waals surface area contributed by atoms with E-state index in [-0.39, 0.29) is 35.3 Å². The summed E-state index contributed by atoms with van der Waals surface area (Å²) < 4.78 is 24.9. The molecular weight excluding hydrogens is 349 g/mol. The molecule has 6 heteroatoms. The van der Waals surface area contributed by atoms with E-state index in [9.17, 15) is 14.0 Å². The van der Waals surface area contributed by atoms with E-state index in [1.54, 1.807) is 14.0 Å². The summed E-state index contributed by atoms with van der Waals surface area (Å²) in [7, 11) is 1.59. The quantitative estimate of drug-likeness (QED) is 0.843. The van der Waals surface area contributed by atoms with E-state index >= 15 is 0 Å². The minimum atomic E-state index is -0.818. The lowest BCUT2D eigenvalue weighted by Crippen LogP contribution is -2.36. The molecule has 27 heavy (non-hydrogen) atoms. The number of hydrogen-bond acceptors (Lipinski definition) is 4. The summed E-state index contributed by atoms with van der Waals surface area (Å²) in [6, 6.07) is 10.0. The molecule has 0 aromatic heterocycles. The van der Waals surface area contributed by atoms with Gasteiger partial charge in [0.1, 0.15) is 17.3 Å². The SMILES string of the molecule is COc1ccc(CNC(=O)[C@@H](C)Oc2ccc(F)c3c2C(=O)C[C@@H]3C)cc1. The van der Waals surface area contributed by atoms with Gasteiger partial charge >= 0.3 is 0 Å². The van der Waals surface area contributed by atoms with Crippen LogP contribution in [0.1, 0.15) is 47.7 Å². The second-order valence-electron chi connectivity index (χ2n) is 6.69. The molecule has 2 aromatic rings. The zero-order chi connectivity index (χ0) is 19.6. The first kappa shape index (κ1) is 18.9. The molecule has 0 heterocycles. The Morgan fingerprint density at radius 2 is 1.96 bits per heavy atom. The molecule has 3 rings (SSSR count). The number of halogens is 1. The molecule has 5 nitrogen and oxygen atoms in total. The highest BCUT2D eigenvalue weighted by Gasteiger charge is 2.33. The Morgan fingerprint density at radius 3 is 2.63 bits per heavy atom. The van der Waals surface area contributed by atoms with E-state index in [4.69, 9.17) is 9.47 Å². The van der Waals surface area contributed by atoms with E-state index in [2.05, 4.69) is 5.32 Å². The van der Waals surface area contributed by atoms with Crippen LogP contribution in [0.5, 0.6) is 11.5 Å². The van der Waals surface area contributed by atoms with Gasteiger partial charge < -0.3 is 14.8 Å². The molecule has 0 spiro atoms. The lowest BCUT2D eigenvalue weighted by molar-refractivity contribution is -0.127. The van der Waals surface area contributed by atoms with Gasteiger partial charge in [0.25, 0.3) is 5.91 Å². The molecule has 142 valence electrons. The van der Waals surface area contributed by atoms with Gasteiger partial charge in [-0.15, -0.1) is 0 Å².